The molecule has 0 spiro atoms. The van der Waals surface area contributed by atoms with E-state index in [4.69, 9.17) is 9.47 Å². The second-order valence-corrected chi connectivity index (χ2v) is 9.80. The molecule has 208 valence electrons. The van der Waals surface area contributed by atoms with Gasteiger partial charge in [-0.1, -0.05) is 96.4 Å². The standard InChI is InChI=1S/2C16H16O3S/c2*1-14(17)20-13-15(18)9-5-2-3-8-12-19-16-10-6-4-7-11-16/h2*2-12H,13H2,1H3. The van der Waals surface area contributed by atoms with Crippen molar-refractivity contribution in [2.75, 3.05) is 11.5 Å². The lowest BCUT2D eigenvalue weighted by Crippen LogP contribution is -1.98. The highest BCUT2D eigenvalue weighted by atomic mass is 32.2. The molecule has 0 radical (unpaired) electrons. The largest absolute Gasteiger partial charge is 0.465 e. The molecule has 6 nitrogen and oxygen atoms in total. The molecule has 0 N–H and O–H groups in total. The number of carbonyl (C=O) groups excluding carboxylic acids is 4. The molecule has 0 fully saturated rings. The first-order valence-corrected chi connectivity index (χ1v) is 14.1. The summed E-state index contributed by atoms with van der Waals surface area (Å²) < 4.78 is 10.7. The highest BCUT2D eigenvalue weighted by molar-refractivity contribution is 8.14. The van der Waals surface area contributed by atoms with Crippen molar-refractivity contribution in [1.29, 1.82) is 0 Å². The number of ketones is 2. The molecular weight excluding hydrogens is 544 g/mol. The van der Waals surface area contributed by atoms with E-state index in [0.717, 1.165) is 35.0 Å². The first-order chi connectivity index (χ1) is 19.4. The maximum absolute atomic E-state index is 11.3. The quantitative estimate of drug-likeness (QED) is 0.134. The fraction of sp³-hybridized carbons (Fsp3) is 0.125. The highest BCUT2D eigenvalue weighted by Crippen LogP contribution is 2.09. The summed E-state index contributed by atoms with van der Waals surface area (Å²) in [4.78, 5) is 43.9. The summed E-state index contributed by atoms with van der Waals surface area (Å²) >= 11 is 2.02. The first kappa shape index (κ1) is 33.9. The number of benzene rings is 2. The van der Waals surface area contributed by atoms with Gasteiger partial charge in [-0.2, -0.15) is 0 Å². The SMILES string of the molecule is CC(=O)SCC(=O)C=CC=CC=COc1ccccc1.CC(=O)SCC(=O)C=CC=CC=COc1ccccc1. The van der Waals surface area contributed by atoms with Crippen molar-refractivity contribution in [3.63, 3.8) is 0 Å². The maximum Gasteiger partial charge on any atom is 0.186 e. The van der Waals surface area contributed by atoms with E-state index in [2.05, 4.69) is 0 Å². The molecule has 0 unspecified atom stereocenters. The van der Waals surface area contributed by atoms with Crippen LogP contribution in [0.5, 0.6) is 11.5 Å². The minimum absolute atomic E-state index is 0.0525. The Morgan fingerprint density at radius 3 is 1.25 bits per heavy atom. The summed E-state index contributed by atoms with van der Waals surface area (Å²) in [6, 6.07) is 18.9. The van der Waals surface area contributed by atoms with Crippen molar-refractivity contribution in [1.82, 2.24) is 0 Å². The lowest BCUT2D eigenvalue weighted by Gasteiger charge is -1.96. The third-order valence-electron chi connectivity index (χ3n) is 4.12. The molecule has 2 aromatic rings. The molecule has 0 saturated carbocycles. The molecule has 0 atom stereocenters. The van der Waals surface area contributed by atoms with Crippen molar-refractivity contribution in [2.45, 2.75) is 13.8 Å². The van der Waals surface area contributed by atoms with Crippen molar-refractivity contribution in [3.8, 4) is 11.5 Å². The zero-order valence-corrected chi connectivity index (χ0v) is 24.0. The minimum Gasteiger partial charge on any atom is -0.465 e. The second kappa shape index (κ2) is 22.8. The molecule has 2 rings (SSSR count). The Morgan fingerprint density at radius 2 is 0.900 bits per heavy atom. The lowest BCUT2D eigenvalue weighted by atomic mass is 10.3. The summed E-state index contributed by atoms with van der Waals surface area (Å²) in [5.74, 6) is 1.74. The summed E-state index contributed by atoms with van der Waals surface area (Å²) in [5, 5.41) is -0.105. The highest BCUT2D eigenvalue weighted by Gasteiger charge is 1.99. The van der Waals surface area contributed by atoms with Crippen molar-refractivity contribution >= 4 is 45.3 Å². The molecule has 40 heavy (non-hydrogen) atoms. The van der Waals surface area contributed by atoms with Gasteiger partial charge in [-0.3, -0.25) is 19.2 Å². The zero-order valence-electron chi connectivity index (χ0n) is 22.4. The van der Waals surface area contributed by atoms with E-state index in [0.29, 0.717) is 0 Å². The van der Waals surface area contributed by atoms with Gasteiger partial charge in [0.1, 0.15) is 11.5 Å². The fourth-order valence-electron chi connectivity index (χ4n) is 2.35. The van der Waals surface area contributed by atoms with Gasteiger partial charge in [-0.25, -0.2) is 0 Å². The average molecular weight is 577 g/mol. The number of para-hydroxylation sites is 2. The molecule has 8 heteroatoms. The third-order valence-corrected chi connectivity index (χ3v) is 5.79. The van der Waals surface area contributed by atoms with Crippen LogP contribution in [0, 0.1) is 0 Å². The van der Waals surface area contributed by atoms with Crippen LogP contribution in [0.3, 0.4) is 0 Å². The Hall–Kier alpha value is -4.14. The summed E-state index contributed by atoms with van der Waals surface area (Å²) in [7, 11) is 0. The van der Waals surface area contributed by atoms with Crippen LogP contribution in [0.25, 0.3) is 0 Å². The van der Waals surface area contributed by atoms with Crippen LogP contribution in [0.2, 0.25) is 0 Å². The van der Waals surface area contributed by atoms with Gasteiger partial charge in [-0.05, 0) is 48.6 Å². The monoisotopic (exact) mass is 576 g/mol. The van der Waals surface area contributed by atoms with Crippen molar-refractivity contribution in [3.05, 3.63) is 134 Å². The van der Waals surface area contributed by atoms with E-state index in [-0.39, 0.29) is 33.3 Å². The number of allylic oxidation sites excluding steroid dienone is 10. The van der Waals surface area contributed by atoms with E-state index in [1.54, 1.807) is 61.1 Å². The smallest absolute Gasteiger partial charge is 0.186 e. The lowest BCUT2D eigenvalue weighted by molar-refractivity contribution is -0.113. The van der Waals surface area contributed by atoms with Gasteiger partial charge in [0, 0.05) is 13.8 Å². The summed E-state index contributed by atoms with van der Waals surface area (Å²) in [5.41, 5.74) is 0. The Balaban J connectivity index is 0.000000400. The number of thioether (sulfide) groups is 2. The van der Waals surface area contributed by atoms with Gasteiger partial charge < -0.3 is 9.47 Å². The predicted molar refractivity (Wildman–Crippen MR) is 165 cm³/mol. The molecule has 0 heterocycles. The Morgan fingerprint density at radius 1 is 0.550 bits per heavy atom. The summed E-state index contributed by atoms with van der Waals surface area (Å²) in [6.07, 6.45) is 19.7. The topological polar surface area (TPSA) is 86.7 Å². The third kappa shape index (κ3) is 20.9. The first-order valence-electron chi connectivity index (χ1n) is 12.1. The van der Waals surface area contributed by atoms with Crippen LogP contribution in [0.1, 0.15) is 13.8 Å². The van der Waals surface area contributed by atoms with Crippen LogP contribution < -0.4 is 9.47 Å². The van der Waals surface area contributed by atoms with Crippen molar-refractivity contribution < 1.29 is 28.7 Å². The maximum atomic E-state index is 11.3. The molecular formula is C32H32O6S2. The van der Waals surface area contributed by atoms with Gasteiger partial charge in [0.25, 0.3) is 0 Å². The van der Waals surface area contributed by atoms with Gasteiger partial charge in [0.15, 0.2) is 21.8 Å². The average Bonchev–Trinajstić information content (AvgIpc) is 2.95. The normalized spacial score (nSPS) is 11.4. The number of hydrogen-bond acceptors (Lipinski definition) is 8. The Kier molecular flexibility index (Phi) is 19.3. The summed E-state index contributed by atoms with van der Waals surface area (Å²) in [6.45, 7) is 2.89. The predicted octanol–water partition coefficient (Wildman–Crippen LogP) is 7.08. The number of carbonyl (C=O) groups is 4. The number of ether oxygens (including phenoxy) is 2. The Labute approximate surface area is 244 Å². The van der Waals surface area contributed by atoms with E-state index in [9.17, 15) is 19.2 Å². The zero-order chi connectivity index (χ0) is 29.3. The van der Waals surface area contributed by atoms with E-state index < -0.39 is 0 Å². The molecule has 2 aromatic carbocycles. The van der Waals surface area contributed by atoms with Gasteiger partial charge >= 0.3 is 0 Å². The van der Waals surface area contributed by atoms with E-state index in [1.807, 2.05) is 60.7 Å². The molecule has 0 aromatic heterocycles. The Bertz CT molecular complexity index is 1130. The molecule has 0 amide bonds. The fourth-order valence-corrected chi connectivity index (χ4v) is 3.23. The molecule has 0 saturated heterocycles. The van der Waals surface area contributed by atoms with E-state index in [1.165, 1.54) is 26.0 Å². The molecule has 0 aliphatic carbocycles. The van der Waals surface area contributed by atoms with Crippen LogP contribution >= 0.6 is 23.5 Å². The number of rotatable bonds is 14. The second-order valence-electron chi connectivity index (χ2n) is 7.50. The molecule has 0 aliphatic heterocycles. The molecule has 0 aliphatic rings. The number of hydrogen-bond donors (Lipinski definition) is 0. The van der Waals surface area contributed by atoms with Crippen LogP contribution in [-0.2, 0) is 19.2 Å². The van der Waals surface area contributed by atoms with Crippen molar-refractivity contribution in [2.24, 2.45) is 0 Å². The molecule has 0 bridgehead atoms. The van der Waals surface area contributed by atoms with Gasteiger partial charge in [0.2, 0.25) is 0 Å². The van der Waals surface area contributed by atoms with Crippen LogP contribution in [0.4, 0.5) is 0 Å². The van der Waals surface area contributed by atoms with Crippen LogP contribution in [-0.4, -0.2) is 33.3 Å². The van der Waals surface area contributed by atoms with Crippen LogP contribution in [0.15, 0.2) is 134 Å². The van der Waals surface area contributed by atoms with Gasteiger partial charge in [0.05, 0.1) is 24.0 Å². The van der Waals surface area contributed by atoms with Gasteiger partial charge in [-0.15, -0.1) is 0 Å². The minimum atomic E-state index is -0.0839. The van der Waals surface area contributed by atoms with E-state index >= 15 is 0 Å².